The number of carbonyl (C=O) groups excluding carboxylic acids is 2. The lowest BCUT2D eigenvalue weighted by atomic mass is 10.1. The van der Waals surface area contributed by atoms with Gasteiger partial charge in [-0.15, -0.1) is 0 Å². The van der Waals surface area contributed by atoms with Crippen LogP contribution < -0.4 is 4.74 Å². The number of Topliss-reactive ketones (excluding diaryl/α,β-unsaturated/α-hetero) is 1. The third kappa shape index (κ3) is 4.08. The maximum absolute atomic E-state index is 12.0. The van der Waals surface area contributed by atoms with Gasteiger partial charge >= 0.3 is 5.97 Å². The van der Waals surface area contributed by atoms with Crippen molar-refractivity contribution in [2.75, 3.05) is 13.7 Å². The Morgan fingerprint density at radius 2 is 1.82 bits per heavy atom. The Bertz CT molecular complexity index is 698. The Labute approximate surface area is 141 Å². The van der Waals surface area contributed by atoms with E-state index in [0.717, 1.165) is 0 Å². The van der Waals surface area contributed by atoms with Crippen LogP contribution in [0.1, 0.15) is 20.7 Å². The largest absolute Gasteiger partial charge is 0.497 e. The molecular weight excluding hydrogens is 372 g/mol. The number of methoxy groups -OCH3 is 1. The van der Waals surface area contributed by atoms with E-state index < -0.39 is 5.97 Å². The van der Waals surface area contributed by atoms with E-state index in [-0.39, 0.29) is 23.0 Å². The molecule has 0 amide bonds. The van der Waals surface area contributed by atoms with Crippen molar-refractivity contribution in [3.63, 3.8) is 0 Å². The molecule has 2 aromatic rings. The number of esters is 1. The highest BCUT2D eigenvalue weighted by Crippen LogP contribution is 2.22. The summed E-state index contributed by atoms with van der Waals surface area (Å²) in [5.74, 6) is -0.301. The van der Waals surface area contributed by atoms with Crippen LogP contribution in [0.5, 0.6) is 5.75 Å². The summed E-state index contributed by atoms with van der Waals surface area (Å²) in [7, 11) is 1.54. The van der Waals surface area contributed by atoms with E-state index >= 15 is 0 Å². The summed E-state index contributed by atoms with van der Waals surface area (Å²) in [5, 5.41) is 0.269. The molecule has 4 nitrogen and oxygen atoms in total. The minimum atomic E-state index is -0.645. The van der Waals surface area contributed by atoms with Gasteiger partial charge < -0.3 is 9.47 Å². The quantitative estimate of drug-likeness (QED) is 0.575. The monoisotopic (exact) mass is 382 g/mol. The van der Waals surface area contributed by atoms with Crippen molar-refractivity contribution in [3.8, 4) is 5.75 Å². The highest BCUT2D eigenvalue weighted by atomic mass is 79.9. The molecule has 0 saturated carbocycles. The molecule has 0 unspecified atom stereocenters. The smallest absolute Gasteiger partial charge is 0.340 e. The van der Waals surface area contributed by atoms with E-state index in [1.807, 2.05) is 0 Å². The molecule has 0 spiro atoms. The zero-order valence-electron chi connectivity index (χ0n) is 11.6. The van der Waals surface area contributed by atoms with Crippen LogP contribution in [0.2, 0.25) is 5.02 Å². The first-order valence-corrected chi connectivity index (χ1v) is 7.48. The fraction of sp³-hybridized carbons (Fsp3) is 0.125. The molecule has 0 atom stereocenters. The molecule has 2 rings (SSSR count). The molecule has 0 heterocycles. The van der Waals surface area contributed by atoms with Crippen molar-refractivity contribution in [2.45, 2.75) is 0 Å². The van der Waals surface area contributed by atoms with Gasteiger partial charge in [0.1, 0.15) is 5.75 Å². The van der Waals surface area contributed by atoms with E-state index in [9.17, 15) is 9.59 Å². The van der Waals surface area contributed by atoms with Crippen molar-refractivity contribution in [3.05, 3.63) is 63.1 Å². The lowest BCUT2D eigenvalue weighted by molar-refractivity contribution is 0.0475. The van der Waals surface area contributed by atoms with Crippen molar-refractivity contribution < 1.29 is 19.1 Å². The molecule has 0 aromatic heterocycles. The molecule has 2 aromatic carbocycles. The van der Waals surface area contributed by atoms with Gasteiger partial charge in [0.05, 0.1) is 17.7 Å². The molecule has 0 bridgehead atoms. The second-order valence-corrected chi connectivity index (χ2v) is 5.67. The summed E-state index contributed by atoms with van der Waals surface area (Å²) >= 11 is 9.19. The topological polar surface area (TPSA) is 52.6 Å². The summed E-state index contributed by atoms with van der Waals surface area (Å²) in [5.41, 5.74) is 0.646. The van der Waals surface area contributed by atoms with Crippen LogP contribution >= 0.6 is 27.5 Å². The van der Waals surface area contributed by atoms with Crippen LogP contribution in [0.15, 0.2) is 46.9 Å². The minimum absolute atomic E-state index is 0.207. The molecule has 114 valence electrons. The Morgan fingerprint density at radius 1 is 1.14 bits per heavy atom. The van der Waals surface area contributed by atoms with Crippen molar-refractivity contribution in [1.82, 2.24) is 0 Å². The van der Waals surface area contributed by atoms with E-state index in [1.54, 1.807) is 49.6 Å². The molecule has 0 aliphatic heterocycles. The second-order valence-electron chi connectivity index (χ2n) is 4.35. The summed E-state index contributed by atoms with van der Waals surface area (Å²) in [4.78, 5) is 23.9. The zero-order chi connectivity index (χ0) is 16.1. The Kier molecular flexibility index (Phi) is 5.57. The molecule has 0 aliphatic carbocycles. The second kappa shape index (κ2) is 7.42. The van der Waals surface area contributed by atoms with Gasteiger partial charge in [0.2, 0.25) is 0 Å². The molecular formula is C16H12BrClO4. The van der Waals surface area contributed by atoms with Crippen molar-refractivity contribution >= 4 is 39.3 Å². The number of ketones is 1. The molecule has 6 heteroatoms. The number of benzene rings is 2. The van der Waals surface area contributed by atoms with E-state index in [0.29, 0.717) is 15.8 Å². The Morgan fingerprint density at radius 3 is 2.45 bits per heavy atom. The van der Waals surface area contributed by atoms with Crippen LogP contribution in [-0.4, -0.2) is 25.5 Å². The number of rotatable bonds is 5. The van der Waals surface area contributed by atoms with Crippen LogP contribution in [0, 0.1) is 0 Å². The molecule has 0 fully saturated rings. The third-order valence-electron chi connectivity index (χ3n) is 2.89. The zero-order valence-corrected chi connectivity index (χ0v) is 14.0. The number of hydrogen-bond acceptors (Lipinski definition) is 4. The van der Waals surface area contributed by atoms with Gasteiger partial charge in [-0.2, -0.15) is 0 Å². The van der Waals surface area contributed by atoms with Crippen LogP contribution in [-0.2, 0) is 4.74 Å². The van der Waals surface area contributed by atoms with E-state index in [2.05, 4.69) is 15.9 Å². The predicted molar refractivity (Wildman–Crippen MR) is 86.8 cm³/mol. The summed E-state index contributed by atoms with van der Waals surface area (Å²) in [6.07, 6.45) is 0. The maximum atomic E-state index is 12.0. The lowest BCUT2D eigenvalue weighted by Gasteiger charge is -2.07. The van der Waals surface area contributed by atoms with Gasteiger partial charge in [0.25, 0.3) is 0 Å². The Hall–Kier alpha value is -1.85. The van der Waals surface area contributed by atoms with E-state index in [4.69, 9.17) is 21.1 Å². The molecule has 0 aliphatic rings. The fourth-order valence-corrected chi connectivity index (χ4v) is 2.28. The van der Waals surface area contributed by atoms with Gasteiger partial charge in [-0.25, -0.2) is 4.79 Å². The fourth-order valence-electron chi connectivity index (χ4n) is 1.72. The number of halogens is 2. The van der Waals surface area contributed by atoms with Crippen molar-refractivity contribution in [2.24, 2.45) is 0 Å². The standard InChI is InChI=1S/C16H12BrClO4/c1-21-12-5-2-10(3-6-12)15(19)9-22-16(20)13-8-11(17)4-7-14(13)18/h2-8H,9H2,1H3. The summed E-state index contributed by atoms with van der Waals surface area (Å²) < 4.78 is 10.7. The van der Waals surface area contributed by atoms with Crippen LogP contribution in [0.25, 0.3) is 0 Å². The first kappa shape index (κ1) is 16.5. The third-order valence-corrected chi connectivity index (χ3v) is 3.72. The summed E-state index contributed by atoms with van der Waals surface area (Å²) in [6, 6.07) is 11.4. The van der Waals surface area contributed by atoms with Crippen LogP contribution in [0.3, 0.4) is 0 Å². The summed E-state index contributed by atoms with van der Waals surface area (Å²) in [6.45, 7) is -0.353. The number of ether oxygens (including phenoxy) is 2. The SMILES string of the molecule is COc1ccc(C(=O)COC(=O)c2cc(Br)ccc2Cl)cc1. The Balaban J connectivity index is 2.00. The number of carbonyl (C=O) groups is 2. The van der Waals surface area contributed by atoms with Crippen LogP contribution in [0.4, 0.5) is 0 Å². The normalized spacial score (nSPS) is 10.1. The average Bonchev–Trinajstić information content (AvgIpc) is 2.54. The highest BCUT2D eigenvalue weighted by molar-refractivity contribution is 9.10. The first-order valence-electron chi connectivity index (χ1n) is 6.30. The van der Waals surface area contributed by atoms with Gasteiger partial charge in [0.15, 0.2) is 12.4 Å². The van der Waals surface area contributed by atoms with E-state index in [1.165, 1.54) is 0 Å². The van der Waals surface area contributed by atoms with Gasteiger partial charge in [-0.05, 0) is 42.5 Å². The molecule has 0 radical (unpaired) electrons. The first-order chi connectivity index (χ1) is 10.5. The number of hydrogen-bond donors (Lipinski definition) is 0. The molecule has 0 saturated heterocycles. The molecule has 0 N–H and O–H groups in total. The minimum Gasteiger partial charge on any atom is -0.497 e. The highest BCUT2D eigenvalue weighted by Gasteiger charge is 2.15. The van der Waals surface area contributed by atoms with Gasteiger partial charge in [0, 0.05) is 10.0 Å². The van der Waals surface area contributed by atoms with Gasteiger partial charge in [-0.3, -0.25) is 4.79 Å². The van der Waals surface area contributed by atoms with Crippen molar-refractivity contribution in [1.29, 1.82) is 0 Å². The average molecular weight is 384 g/mol. The molecule has 22 heavy (non-hydrogen) atoms. The maximum Gasteiger partial charge on any atom is 0.340 e. The lowest BCUT2D eigenvalue weighted by Crippen LogP contribution is -2.14. The predicted octanol–water partition coefficient (Wildman–Crippen LogP) is 4.15. The van der Waals surface area contributed by atoms with Gasteiger partial charge in [-0.1, -0.05) is 27.5 Å².